The minimum Gasteiger partial charge on any atom is -0.381 e. The van der Waals surface area contributed by atoms with Crippen molar-refractivity contribution in [2.75, 3.05) is 19.0 Å². The molecule has 1 rings (SSSR count). The van der Waals surface area contributed by atoms with Gasteiger partial charge in [-0.1, -0.05) is 13.8 Å². The Morgan fingerprint density at radius 1 is 1.50 bits per heavy atom. The molecule has 0 aliphatic carbocycles. The van der Waals surface area contributed by atoms with E-state index in [0.717, 1.165) is 32.5 Å². The summed E-state index contributed by atoms with van der Waals surface area (Å²) in [6.45, 7) is 5.83. The maximum Gasteiger partial charge on any atom is 0.145 e. The molecule has 0 saturated carbocycles. The van der Waals surface area contributed by atoms with Gasteiger partial charge in [-0.15, -0.1) is 0 Å². The zero-order valence-electron chi connectivity index (χ0n) is 9.12. The molecule has 1 heterocycles. The number of hydrogen-bond donors (Lipinski definition) is 0. The van der Waals surface area contributed by atoms with E-state index in [1.807, 2.05) is 18.7 Å². The summed E-state index contributed by atoms with van der Waals surface area (Å²) in [6, 6.07) is 0. The van der Waals surface area contributed by atoms with Crippen molar-refractivity contribution >= 4 is 17.5 Å². The number of rotatable bonds is 5. The van der Waals surface area contributed by atoms with Crippen LogP contribution < -0.4 is 0 Å². The van der Waals surface area contributed by atoms with E-state index in [2.05, 4.69) is 6.92 Å². The zero-order chi connectivity index (χ0) is 10.4. The van der Waals surface area contributed by atoms with Crippen molar-refractivity contribution in [2.45, 2.75) is 38.4 Å². The van der Waals surface area contributed by atoms with Crippen LogP contribution in [0.2, 0.25) is 0 Å². The minimum absolute atomic E-state index is 0.238. The lowest BCUT2D eigenvalue weighted by Gasteiger charge is -2.21. The minimum atomic E-state index is 0.238. The third-order valence-corrected chi connectivity index (χ3v) is 4.19. The highest BCUT2D eigenvalue weighted by molar-refractivity contribution is 8.00. The standard InChI is InChI=1S/C11H20O2S/c1-3-9(2)11(12)8-14-10-4-6-13-7-5-10/h9-10H,3-8H2,1-2H3. The Morgan fingerprint density at radius 2 is 2.14 bits per heavy atom. The van der Waals surface area contributed by atoms with E-state index in [0.29, 0.717) is 16.8 Å². The molecule has 1 aliphatic heterocycles. The largest absolute Gasteiger partial charge is 0.381 e. The van der Waals surface area contributed by atoms with Crippen LogP contribution in [-0.2, 0) is 9.53 Å². The molecule has 82 valence electrons. The molecule has 2 nitrogen and oxygen atoms in total. The van der Waals surface area contributed by atoms with Gasteiger partial charge in [0.15, 0.2) is 0 Å². The van der Waals surface area contributed by atoms with Crippen LogP contribution in [-0.4, -0.2) is 30.0 Å². The van der Waals surface area contributed by atoms with Crippen molar-refractivity contribution in [1.82, 2.24) is 0 Å². The number of carbonyl (C=O) groups excluding carboxylic acids is 1. The van der Waals surface area contributed by atoms with Gasteiger partial charge >= 0.3 is 0 Å². The highest BCUT2D eigenvalue weighted by Gasteiger charge is 2.17. The second-order valence-corrected chi connectivity index (χ2v) is 5.19. The van der Waals surface area contributed by atoms with E-state index in [1.54, 1.807) is 0 Å². The lowest BCUT2D eigenvalue weighted by atomic mass is 10.1. The third kappa shape index (κ3) is 4.01. The molecule has 1 fully saturated rings. The van der Waals surface area contributed by atoms with Crippen molar-refractivity contribution in [3.8, 4) is 0 Å². The summed E-state index contributed by atoms with van der Waals surface area (Å²) in [6.07, 6.45) is 3.18. The Bertz CT molecular complexity index is 176. The van der Waals surface area contributed by atoms with Crippen LogP contribution >= 0.6 is 11.8 Å². The van der Waals surface area contributed by atoms with Crippen LogP contribution in [0.15, 0.2) is 0 Å². The second kappa shape index (κ2) is 6.46. The lowest BCUT2D eigenvalue weighted by Crippen LogP contribution is -2.20. The van der Waals surface area contributed by atoms with E-state index < -0.39 is 0 Å². The van der Waals surface area contributed by atoms with Crippen LogP contribution in [0.25, 0.3) is 0 Å². The molecular weight excluding hydrogens is 196 g/mol. The summed E-state index contributed by atoms with van der Waals surface area (Å²) in [7, 11) is 0. The first-order chi connectivity index (χ1) is 6.74. The predicted molar refractivity (Wildman–Crippen MR) is 60.8 cm³/mol. The highest BCUT2D eigenvalue weighted by Crippen LogP contribution is 2.22. The summed E-state index contributed by atoms with van der Waals surface area (Å²) in [5.74, 6) is 1.34. The Balaban J connectivity index is 2.15. The molecule has 0 N–H and O–H groups in total. The normalized spacial score (nSPS) is 20.7. The van der Waals surface area contributed by atoms with Gasteiger partial charge in [0.25, 0.3) is 0 Å². The van der Waals surface area contributed by atoms with Crippen LogP contribution in [0.3, 0.4) is 0 Å². The van der Waals surface area contributed by atoms with Crippen molar-refractivity contribution in [2.24, 2.45) is 5.92 Å². The van der Waals surface area contributed by atoms with Crippen LogP contribution in [0, 0.1) is 5.92 Å². The van der Waals surface area contributed by atoms with Gasteiger partial charge in [-0.05, 0) is 19.3 Å². The van der Waals surface area contributed by atoms with Crippen LogP contribution in [0.1, 0.15) is 33.1 Å². The fourth-order valence-corrected chi connectivity index (χ4v) is 2.62. The Kier molecular flexibility index (Phi) is 5.56. The quantitative estimate of drug-likeness (QED) is 0.706. The molecule has 3 heteroatoms. The van der Waals surface area contributed by atoms with Gasteiger partial charge in [-0.25, -0.2) is 0 Å². The lowest BCUT2D eigenvalue weighted by molar-refractivity contribution is -0.119. The highest BCUT2D eigenvalue weighted by atomic mass is 32.2. The second-order valence-electron chi connectivity index (χ2n) is 3.90. The number of thioether (sulfide) groups is 1. The molecule has 1 unspecified atom stereocenters. The topological polar surface area (TPSA) is 26.3 Å². The van der Waals surface area contributed by atoms with Crippen molar-refractivity contribution < 1.29 is 9.53 Å². The van der Waals surface area contributed by atoms with Gasteiger partial charge in [0, 0.05) is 24.4 Å². The van der Waals surface area contributed by atoms with E-state index in [-0.39, 0.29) is 5.92 Å². The van der Waals surface area contributed by atoms with Crippen molar-refractivity contribution in [3.63, 3.8) is 0 Å². The molecule has 0 aromatic rings. The van der Waals surface area contributed by atoms with Crippen molar-refractivity contribution in [1.29, 1.82) is 0 Å². The van der Waals surface area contributed by atoms with Gasteiger partial charge in [0.2, 0.25) is 0 Å². The van der Waals surface area contributed by atoms with E-state index in [1.165, 1.54) is 0 Å². The fraction of sp³-hybridized carbons (Fsp3) is 0.909. The summed E-state index contributed by atoms with van der Waals surface area (Å²) < 4.78 is 5.28. The Morgan fingerprint density at radius 3 is 2.71 bits per heavy atom. The Labute approximate surface area is 90.8 Å². The molecule has 0 aromatic heterocycles. The Hall–Kier alpha value is -0.0200. The van der Waals surface area contributed by atoms with Gasteiger partial charge < -0.3 is 4.74 Å². The van der Waals surface area contributed by atoms with Gasteiger partial charge in [-0.3, -0.25) is 4.79 Å². The monoisotopic (exact) mass is 216 g/mol. The summed E-state index contributed by atoms with van der Waals surface area (Å²) >= 11 is 1.82. The number of ketones is 1. The fourth-order valence-electron chi connectivity index (χ4n) is 1.41. The van der Waals surface area contributed by atoms with E-state index in [4.69, 9.17) is 4.74 Å². The summed E-state index contributed by atoms with van der Waals surface area (Å²) in [5, 5.41) is 0.650. The van der Waals surface area contributed by atoms with Gasteiger partial charge in [0.1, 0.15) is 5.78 Å². The molecule has 1 aliphatic rings. The SMILES string of the molecule is CCC(C)C(=O)CSC1CCOCC1. The molecular formula is C11H20O2S. The van der Waals surface area contributed by atoms with Crippen molar-refractivity contribution in [3.05, 3.63) is 0 Å². The van der Waals surface area contributed by atoms with Crippen LogP contribution in [0.4, 0.5) is 0 Å². The number of Topliss-reactive ketones (excluding diaryl/α,β-unsaturated/α-hetero) is 1. The molecule has 0 amide bonds. The van der Waals surface area contributed by atoms with Gasteiger partial charge in [-0.2, -0.15) is 11.8 Å². The third-order valence-electron chi connectivity index (χ3n) is 2.79. The molecule has 1 saturated heterocycles. The number of carbonyl (C=O) groups is 1. The first-order valence-electron chi connectivity index (χ1n) is 5.46. The zero-order valence-corrected chi connectivity index (χ0v) is 9.94. The maximum atomic E-state index is 11.6. The average Bonchev–Trinajstić information content (AvgIpc) is 2.26. The number of ether oxygens (including phenoxy) is 1. The molecule has 1 atom stereocenters. The molecule has 14 heavy (non-hydrogen) atoms. The molecule has 0 spiro atoms. The average molecular weight is 216 g/mol. The van der Waals surface area contributed by atoms with Gasteiger partial charge in [0.05, 0.1) is 5.75 Å². The maximum absolute atomic E-state index is 11.6. The molecule has 0 radical (unpaired) electrons. The first-order valence-corrected chi connectivity index (χ1v) is 6.51. The summed E-state index contributed by atoms with van der Waals surface area (Å²) in [5.41, 5.74) is 0. The predicted octanol–water partition coefficient (Wildman–Crippen LogP) is 2.51. The van der Waals surface area contributed by atoms with E-state index in [9.17, 15) is 4.79 Å². The molecule has 0 bridgehead atoms. The summed E-state index contributed by atoms with van der Waals surface area (Å²) in [4.78, 5) is 11.6. The smallest absolute Gasteiger partial charge is 0.145 e. The first kappa shape index (κ1) is 12.1. The van der Waals surface area contributed by atoms with E-state index >= 15 is 0 Å². The number of hydrogen-bond acceptors (Lipinski definition) is 3. The molecule has 0 aromatic carbocycles. The van der Waals surface area contributed by atoms with Crippen LogP contribution in [0.5, 0.6) is 0 Å².